The van der Waals surface area contributed by atoms with Gasteiger partial charge in [0, 0.05) is 13.1 Å². The standard InChI is InChI=1S/C21H31N3O2/c1-3-13-9-14-10-21(14)11-17(21)18(13)23-19(25)16-12-22-24(2)20(16)26-15-7-5-4-6-8-15/h12-15,17-18H,3-11H2,1-2H3,(H,23,25). The van der Waals surface area contributed by atoms with Crippen LogP contribution in [0.25, 0.3) is 0 Å². The molecule has 0 radical (unpaired) electrons. The van der Waals surface area contributed by atoms with E-state index >= 15 is 0 Å². The number of rotatable bonds is 5. The van der Waals surface area contributed by atoms with Gasteiger partial charge in [-0.2, -0.15) is 5.10 Å². The molecule has 1 spiro atoms. The van der Waals surface area contributed by atoms with Crippen molar-refractivity contribution < 1.29 is 9.53 Å². The highest BCUT2D eigenvalue weighted by molar-refractivity contribution is 5.96. The van der Waals surface area contributed by atoms with Gasteiger partial charge >= 0.3 is 0 Å². The fourth-order valence-electron chi connectivity index (χ4n) is 6.03. The van der Waals surface area contributed by atoms with Crippen LogP contribution in [0.5, 0.6) is 5.88 Å². The summed E-state index contributed by atoms with van der Waals surface area (Å²) in [5, 5.41) is 7.72. The van der Waals surface area contributed by atoms with Gasteiger partial charge < -0.3 is 10.1 Å². The predicted octanol–water partition coefficient (Wildman–Crippen LogP) is 3.69. The lowest BCUT2D eigenvalue weighted by Crippen LogP contribution is -2.44. The summed E-state index contributed by atoms with van der Waals surface area (Å²) in [7, 11) is 1.87. The Labute approximate surface area is 155 Å². The van der Waals surface area contributed by atoms with E-state index in [0.29, 0.717) is 28.8 Å². The minimum Gasteiger partial charge on any atom is -0.474 e. The van der Waals surface area contributed by atoms with E-state index in [4.69, 9.17) is 4.74 Å². The van der Waals surface area contributed by atoms with Crippen molar-refractivity contribution in [2.75, 3.05) is 0 Å². The topological polar surface area (TPSA) is 56.2 Å². The third-order valence-corrected chi connectivity index (χ3v) is 7.77. The summed E-state index contributed by atoms with van der Waals surface area (Å²) in [4.78, 5) is 13.1. The minimum atomic E-state index is 0.00788. The normalized spacial score (nSPS) is 38.2. The zero-order valence-corrected chi connectivity index (χ0v) is 16.0. The first-order chi connectivity index (χ1) is 12.6. The molecule has 4 saturated carbocycles. The Kier molecular flexibility index (Phi) is 3.84. The number of carbonyl (C=O) groups is 1. The molecule has 0 aliphatic heterocycles. The highest BCUT2D eigenvalue weighted by atomic mass is 16.5. The van der Waals surface area contributed by atoms with Crippen molar-refractivity contribution in [3.05, 3.63) is 11.8 Å². The maximum absolute atomic E-state index is 13.1. The third kappa shape index (κ3) is 2.57. The second kappa shape index (κ2) is 6.00. The van der Waals surface area contributed by atoms with E-state index in [1.54, 1.807) is 10.9 Å². The molecule has 142 valence electrons. The first-order valence-corrected chi connectivity index (χ1v) is 10.6. The zero-order valence-electron chi connectivity index (χ0n) is 16.0. The van der Waals surface area contributed by atoms with Gasteiger partial charge in [0.15, 0.2) is 0 Å². The lowest BCUT2D eigenvalue weighted by molar-refractivity contribution is 0.0882. The molecule has 0 saturated heterocycles. The molecule has 1 amide bonds. The quantitative estimate of drug-likeness (QED) is 0.874. The summed E-state index contributed by atoms with van der Waals surface area (Å²) in [6, 6.07) is 0.342. The molecule has 4 fully saturated rings. The summed E-state index contributed by atoms with van der Waals surface area (Å²) in [6.45, 7) is 2.27. The van der Waals surface area contributed by atoms with Crippen molar-refractivity contribution in [1.29, 1.82) is 0 Å². The second-order valence-electron chi connectivity index (χ2n) is 9.21. The van der Waals surface area contributed by atoms with Crippen molar-refractivity contribution >= 4 is 5.91 Å². The number of nitrogens with zero attached hydrogens (tertiary/aromatic N) is 2. The monoisotopic (exact) mass is 357 g/mol. The van der Waals surface area contributed by atoms with Crippen LogP contribution in [0.3, 0.4) is 0 Å². The van der Waals surface area contributed by atoms with Crippen molar-refractivity contribution in [1.82, 2.24) is 15.1 Å². The molecule has 5 heteroatoms. The van der Waals surface area contributed by atoms with Crippen LogP contribution in [0, 0.1) is 23.2 Å². The molecule has 4 aliphatic rings. The fraction of sp³-hybridized carbons (Fsp3) is 0.810. The number of aromatic nitrogens is 2. The van der Waals surface area contributed by atoms with Crippen LogP contribution >= 0.6 is 0 Å². The summed E-state index contributed by atoms with van der Waals surface area (Å²) >= 11 is 0. The van der Waals surface area contributed by atoms with Crippen LogP contribution in [0.4, 0.5) is 0 Å². The Bertz CT molecular complexity index is 708. The predicted molar refractivity (Wildman–Crippen MR) is 99.0 cm³/mol. The molecule has 5 rings (SSSR count). The second-order valence-corrected chi connectivity index (χ2v) is 9.21. The lowest BCUT2D eigenvalue weighted by Gasteiger charge is -2.31. The highest BCUT2D eigenvalue weighted by Gasteiger charge is 2.75. The largest absolute Gasteiger partial charge is 0.474 e. The molecule has 5 atom stereocenters. The molecular weight excluding hydrogens is 326 g/mol. The van der Waals surface area contributed by atoms with Gasteiger partial charge in [-0.1, -0.05) is 19.8 Å². The summed E-state index contributed by atoms with van der Waals surface area (Å²) in [6.07, 6.45) is 13.0. The Morgan fingerprint density at radius 3 is 2.92 bits per heavy atom. The Morgan fingerprint density at radius 1 is 1.35 bits per heavy atom. The van der Waals surface area contributed by atoms with E-state index in [2.05, 4.69) is 17.3 Å². The van der Waals surface area contributed by atoms with Crippen LogP contribution in [0.15, 0.2) is 6.20 Å². The maximum Gasteiger partial charge on any atom is 0.258 e. The van der Waals surface area contributed by atoms with Crippen molar-refractivity contribution in [2.45, 2.75) is 76.9 Å². The number of ether oxygens (including phenoxy) is 1. The minimum absolute atomic E-state index is 0.00788. The molecule has 26 heavy (non-hydrogen) atoms. The number of carbonyl (C=O) groups excluding carboxylic acids is 1. The molecule has 4 aliphatic carbocycles. The summed E-state index contributed by atoms with van der Waals surface area (Å²) < 4.78 is 7.95. The van der Waals surface area contributed by atoms with E-state index in [1.165, 1.54) is 38.5 Å². The number of amides is 1. The lowest BCUT2D eigenvalue weighted by atomic mass is 9.82. The molecule has 5 unspecified atom stereocenters. The van der Waals surface area contributed by atoms with Gasteiger partial charge in [-0.05, 0) is 68.1 Å². The van der Waals surface area contributed by atoms with Gasteiger partial charge in [-0.25, -0.2) is 4.68 Å². The molecule has 1 N–H and O–H groups in total. The van der Waals surface area contributed by atoms with E-state index < -0.39 is 0 Å². The van der Waals surface area contributed by atoms with Gasteiger partial charge in [0.1, 0.15) is 11.7 Å². The van der Waals surface area contributed by atoms with Gasteiger partial charge in [0.25, 0.3) is 5.91 Å². The number of nitrogens with one attached hydrogen (secondary N) is 1. The van der Waals surface area contributed by atoms with E-state index in [-0.39, 0.29) is 12.0 Å². The van der Waals surface area contributed by atoms with Crippen LogP contribution in [-0.4, -0.2) is 27.8 Å². The van der Waals surface area contributed by atoms with Crippen LogP contribution in [0.1, 0.15) is 75.1 Å². The average molecular weight is 357 g/mol. The molecule has 5 nitrogen and oxygen atoms in total. The van der Waals surface area contributed by atoms with Crippen molar-refractivity contribution in [2.24, 2.45) is 30.2 Å². The van der Waals surface area contributed by atoms with Gasteiger partial charge in [0.2, 0.25) is 5.88 Å². The Balaban J connectivity index is 1.31. The fourth-order valence-corrected chi connectivity index (χ4v) is 6.03. The first kappa shape index (κ1) is 16.6. The van der Waals surface area contributed by atoms with Gasteiger partial charge in [-0.3, -0.25) is 4.79 Å². The van der Waals surface area contributed by atoms with Crippen molar-refractivity contribution in [3.8, 4) is 5.88 Å². The molecule has 0 aromatic carbocycles. The van der Waals surface area contributed by atoms with Gasteiger partial charge in [-0.15, -0.1) is 0 Å². The van der Waals surface area contributed by atoms with Crippen LogP contribution in [0.2, 0.25) is 0 Å². The average Bonchev–Trinajstić information content (AvgIpc) is 3.52. The summed E-state index contributed by atoms with van der Waals surface area (Å²) in [5.74, 6) is 2.96. The smallest absolute Gasteiger partial charge is 0.258 e. The Hall–Kier alpha value is -1.52. The molecule has 1 heterocycles. The molecule has 1 aromatic heterocycles. The highest BCUT2D eigenvalue weighted by Crippen LogP contribution is 2.80. The van der Waals surface area contributed by atoms with Crippen LogP contribution in [-0.2, 0) is 7.05 Å². The number of hydrogen-bond donors (Lipinski definition) is 1. The van der Waals surface area contributed by atoms with E-state index in [0.717, 1.165) is 31.1 Å². The SMILES string of the molecule is CCC1CC2CC23CC3C1NC(=O)c1cnn(C)c1OC1CCCCC1. The maximum atomic E-state index is 13.1. The first-order valence-electron chi connectivity index (χ1n) is 10.6. The van der Waals surface area contributed by atoms with Gasteiger partial charge in [0.05, 0.1) is 6.20 Å². The molecule has 1 aromatic rings. The molecular formula is C21H31N3O2. The number of aryl methyl sites for hydroxylation is 1. The zero-order chi connectivity index (χ0) is 17.9. The number of hydrogen-bond acceptors (Lipinski definition) is 3. The van der Waals surface area contributed by atoms with E-state index in [1.807, 2.05) is 7.05 Å². The Morgan fingerprint density at radius 2 is 2.15 bits per heavy atom. The van der Waals surface area contributed by atoms with Crippen molar-refractivity contribution in [3.63, 3.8) is 0 Å². The summed E-state index contributed by atoms with van der Waals surface area (Å²) in [5.41, 5.74) is 1.24. The van der Waals surface area contributed by atoms with Crippen LogP contribution < -0.4 is 10.1 Å². The third-order valence-electron chi connectivity index (χ3n) is 7.77. The molecule has 0 bridgehead atoms. The van der Waals surface area contributed by atoms with E-state index in [9.17, 15) is 4.79 Å².